The summed E-state index contributed by atoms with van der Waals surface area (Å²) >= 11 is 13.7. The molecule has 3 rings (SSSR count). The summed E-state index contributed by atoms with van der Waals surface area (Å²) in [5.74, 6) is 0. The third-order valence-electron chi connectivity index (χ3n) is 3.62. The first-order valence-electron chi connectivity index (χ1n) is 6.20. The SMILES string of the molecule is CC1CC(N)CCN1c1c(Cl)cc(Cl)c2nsnc12. The molecule has 0 bridgehead atoms. The summed E-state index contributed by atoms with van der Waals surface area (Å²) in [4.78, 5) is 2.27. The maximum atomic E-state index is 6.38. The van der Waals surface area contributed by atoms with Gasteiger partial charge in [-0.3, -0.25) is 0 Å². The summed E-state index contributed by atoms with van der Waals surface area (Å²) < 4.78 is 8.60. The van der Waals surface area contributed by atoms with Crippen LogP contribution in [0.2, 0.25) is 10.0 Å². The molecule has 1 aliphatic heterocycles. The van der Waals surface area contributed by atoms with E-state index in [4.69, 9.17) is 28.9 Å². The molecule has 0 spiro atoms. The third-order valence-corrected chi connectivity index (χ3v) is 4.73. The van der Waals surface area contributed by atoms with Crippen molar-refractivity contribution in [1.29, 1.82) is 0 Å². The lowest BCUT2D eigenvalue weighted by atomic mass is 9.98. The van der Waals surface area contributed by atoms with E-state index in [0.717, 1.165) is 47.8 Å². The Balaban J connectivity index is 2.12. The molecular formula is C12H14Cl2N4S. The van der Waals surface area contributed by atoms with E-state index in [1.54, 1.807) is 6.07 Å². The second-order valence-corrected chi connectivity index (χ2v) is 6.32. The maximum Gasteiger partial charge on any atom is 0.131 e. The zero-order chi connectivity index (χ0) is 13.6. The number of halogens is 2. The average Bonchev–Trinajstić information content (AvgIpc) is 2.81. The van der Waals surface area contributed by atoms with Gasteiger partial charge in [0.25, 0.3) is 0 Å². The smallest absolute Gasteiger partial charge is 0.131 e. The van der Waals surface area contributed by atoms with Crippen LogP contribution in [0.5, 0.6) is 0 Å². The highest BCUT2D eigenvalue weighted by atomic mass is 35.5. The molecule has 19 heavy (non-hydrogen) atoms. The second kappa shape index (κ2) is 5.05. The van der Waals surface area contributed by atoms with Crippen LogP contribution in [-0.2, 0) is 0 Å². The zero-order valence-electron chi connectivity index (χ0n) is 10.4. The number of hydrogen-bond acceptors (Lipinski definition) is 5. The lowest BCUT2D eigenvalue weighted by molar-refractivity contribution is 0.430. The third kappa shape index (κ3) is 2.29. The summed E-state index contributed by atoms with van der Waals surface area (Å²) in [6.45, 7) is 3.05. The van der Waals surface area contributed by atoms with Crippen molar-refractivity contribution < 1.29 is 0 Å². The maximum absolute atomic E-state index is 6.38. The number of piperidine rings is 1. The van der Waals surface area contributed by atoms with Gasteiger partial charge in [0.05, 0.1) is 27.5 Å². The minimum atomic E-state index is 0.265. The molecule has 0 radical (unpaired) electrons. The Morgan fingerprint density at radius 1 is 1.32 bits per heavy atom. The average molecular weight is 317 g/mol. The summed E-state index contributed by atoms with van der Waals surface area (Å²) in [5, 5.41) is 1.19. The van der Waals surface area contributed by atoms with Crippen LogP contribution in [0.1, 0.15) is 19.8 Å². The molecule has 0 amide bonds. The molecule has 0 saturated carbocycles. The van der Waals surface area contributed by atoms with Crippen LogP contribution in [0.15, 0.2) is 6.07 Å². The van der Waals surface area contributed by atoms with Crippen molar-refractivity contribution in [2.75, 3.05) is 11.4 Å². The fraction of sp³-hybridized carbons (Fsp3) is 0.500. The van der Waals surface area contributed by atoms with Crippen molar-refractivity contribution in [3.8, 4) is 0 Å². The Morgan fingerprint density at radius 3 is 2.79 bits per heavy atom. The first kappa shape index (κ1) is 13.4. The molecule has 1 aromatic heterocycles. The molecule has 2 aromatic rings. The monoisotopic (exact) mass is 316 g/mol. The Bertz CT molecular complexity index is 615. The van der Waals surface area contributed by atoms with Gasteiger partial charge >= 0.3 is 0 Å². The molecule has 2 N–H and O–H groups in total. The van der Waals surface area contributed by atoms with Crippen molar-refractivity contribution in [3.05, 3.63) is 16.1 Å². The fourth-order valence-electron chi connectivity index (χ4n) is 2.68. The molecule has 2 atom stereocenters. The summed E-state index contributed by atoms with van der Waals surface area (Å²) in [7, 11) is 0. The molecule has 1 aliphatic rings. The Morgan fingerprint density at radius 2 is 2.05 bits per heavy atom. The minimum Gasteiger partial charge on any atom is -0.366 e. The summed E-state index contributed by atoms with van der Waals surface area (Å²) in [5.41, 5.74) is 8.48. The van der Waals surface area contributed by atoms with Gasteiger partial charge in [-0.05, 0) is 25.8 Å². The molecule has 4 nitrogen and oxygen atoms in total. The van der Waals surface area contributed by atoms with E-state index in [1.165, 1.54) is 0 Å². The lowest BCUT2D eigenvalue weighted by Crippen LogP contribution is -2.45. The fourth-order valence-corrected chi connectivity index (χ4v) is 3.89. The molecule has 0 aliphatic carbocycles. The first-order valence-corrected chi connectivity index (χ1v) is 7.69. The van der Waals surface area contributed by atoms with E-state index in [-0.39, 0.29) is 6.04 Å². The minimum absolute atomic E-state index is 0.265. The van der Waals surface area contributed by atoms with Crippen molar-refractivity contribution in [2.45, 2.75) is 31.8 Å². The van der Waals surface area contributed by atoms with E-state index < -0.39 is 0 Å². The van der Waals surface area contributed by atoms with Crippen LogP contribution < -0.4 is 10.6 Å². The summed E-state index contributed by atoms with van der Waals surface area (Å²) in [6, 6.07) is 2.36. The Kier molecular flexibility index (Phi) is 3.55. The van der Waals surface area contributed by atoms with Crippen molar-refractivity contribution in [3.63, 3.8) is 0 Å². The summed E-state index contributed by atoms with van der Waals surface area (Å²) in [6.07, 6.45) is 1.92. The number of rotatable bonds is 1. The number of benzene rings is 1. The highest BCUT2D eigenvalue weighted by Crippen LogP contribution is 2.39. The van der Waals surface area contributed by atoms with Gasteiger partial charge in [-0.15, -0.1) is 0 Å². The van der Waals surface area contributed by atoms with E-state index in [1.807, 2.05) is 0 Å². The predicted octanol–water partition coefficient (Wildman–Crippen LogP) is 3.31. The largest absolute Gasteiger partial charge is 0.366 e. The predicted molar refractivity (Wildman–Crippen MR) is 81.5 cm³/mol. The molecule has 1 saturated heterocycles. The van der Waals surface area contributed by atoms with Gasteiger partial charge in [0.1, 0.15) is 11.0 Å². The van der Waals surface area contributed by atoms with E-state index in [2.05, 4.69) is 20.6 Å². The normalized spacial score (nSPS) is 24.1. The van der Waals surface area contributed by atoms with Crippen LogP contribution in [0, 0.1) is 0 Å². The van der Waals surface area contributed by atoms with Gasteiger partial charge in [-0.1, -0.05) is 23.2 Å². The highest BCUT2D eigenvalue weighted by molar-refractivity contribution is 7.00. The Hall–Kier alpha value is -0.620. The van der Waals surface area contributed by atoms with Gasteiger partial charge in [-0.2, -0.15) is 8.75 Å². The molecule has 2 unspecified atom stereocenters. The first-order chi connectivity index (χ1) is 9.08. The number of nitrogens with zero attached hydrogens (tertiary/aromatic N) is 3. The molecular weight excluding hydrogens is 303 g/mol. The van der Waals surface area contributed by atoms with Crippen LogP contribution in [-0.4, -0.2) is 27.4 Å². The van der Waals surface area contributed by atoms with Crippen LogP contribution >= 0.6 is 34.9 Å². The number of aromatic nitrogens is 2. The van der Waals surface area contributed by atoms with Gasteiger partial charge in [0.15, 0.2) is 0 Å². The van der Waals surface area contributed by atoms with Crippen molar-refractivity contribution in [1.82, 2.24) is 8.75 Å². The van der Waals surface area contributed by atoms with Gasteiger partial charge in [-0.25, -0.2) is 0 Å². The quantitative estimate of drug-likeness (QED) is 0.877. The number of nitrogens with two attached hydrogens (primary N) is 1. The molecule has 1 fully saturated rings. The van der Waals surface area contributed by atoms with Gasteiger partial charge in [0, 0.05) is 18.6 Å². The molecule has 7 heteroatoms. The van der Waals surface area contributed by atoms with Crippen LogP contribution in [0.4, 0.5) is 5.69 Å². The van der Waals surface area contributed by atoms with Crippen LogP contribution in [0.25, 0.3) is 11.0 Å². The number of anilines is 1. The van der Waals surface area contributed by atoms with Crippen LogP contribution in [0.3, 0.4) is 0 Å². The van der Waals surface area contributed by atoms with E-state index in [9.17, 15) is 0 Å². The number of fused-ring (bicyclic) bond motifs is 1. The molecule has 1 aromatic carbocycles. The van der Waals surface area contributed by atoms with Gasteiger partial charge < -0.3 is 10.6 Å². The van der Waals surface area contributed by atoms with E-state index in [0.29, 0.717) is 16.1 Å². The van der Waals surface area contributed by atoms with E-state index >= 15 is 0 Å². The van der Waals surface area contributed by atoms with Crippen molar-refractivity contribution in [2.24, 2.45) is 5.73 Å². The topological polar surface area (TPSA) is 55.0 Å². The lowest BCUT2D eigenvalue weighted by Gasteiger charge is -2.38. The van der Waals surface area contributed by atoms with Gasteiger partial charge in [0.2, 0.25) is 0 Å². The highest BCUT2D eigenvalue weighted by Gasteiger charge is 2.27. The zero-order valence-corrected chi connectivity index (χ0v) is 12.8. The standard InChI is InChI=1S/C12H14Cl2N4S/c1-6-4-7(15)2-3-18(6)12-9(14)5-8(13)10-11(12)17-19-16-10/h5-7H,2-4,15H2,1H3. The second-order valence-electron chi connectivity index (χ2n) is 4.98. The molecule has 2 heterocycles. The Labute approximate surface area is 125 Å². The van der Waals surface area contributed by atoms with Crippen molar-refractivity contribution >= 4 is 51.7 Å². The number of hydrogen-bond donors (Lipinski definition) is 1. The molecule has 102 valence electrons.